The number of pyridine rings is 1. The second kappa shape index (κ2) is 8.62. The lowest BCUT2D eigenvalue weighted by Gasteiger charge is -2.34. The van der Waals surface area contributed by atoms with E-state index in [-0.39, 0.29) is 16.6 Å². The molecule has 1 atom stereocenters. The molecule has 10 heteroatoms. The molecule has 7 nitrogen and oxygen atoms in total. The number of benzene rings is 1. The third kappa shape index (κ3) is 4.53. The summed E-state index contributed by atoms with van der Waals surface area (Å²) in [7, 11) is -3.98. The van der Waals surface area contributed by atoms with Crippen LogP contribution in [0.25, 0.3) is 0 Å². The van der Waals surface area contributed by atoms with Crippen molar-refractivity contribution in [2.45, 2.75) is 37.1 Å². The van der Waals surface area contributed by atoms with Gasteiger partial charge in [-0.15, -0.1) is 0 Å². The molecule has 0 bridgehead atoms. The van der Waals surface area contributed by atoms with Gasteiger partial charge in [-0.25, -0.2) is 27.2 Å². The first-order valence-electron chi connectivity index (χ1n) is 10.1. The molecular formula is C21H23F2N5O2S. The van der Waals surface area contributed by atoms with Gasteiger partial charge in [-0.1, -0.05) is 6.92 Å². The standard InChI is InChI=1S/C21H23F2N5O2S/c1-2-20-24-9-11-28(20)16-4-3-10-27(14-16)21-8-6-17(13-25-21)31(29,30)26-15-5-7-18(22)19(23)12-15/h5-9,11-13,16,26H,2-4,10,14H2,1H3. The zero-order valence-electron chi connectivity index (χ0n) is 17.0. The first kappa shape index (κ1) is 21.2. The van der Waals surface area contributed by atoms with Gasteiger partial charge in [0.15, 0.2) is 11.6 Å². The van der Waals surface area contributed by atoms with Crippen LogP contribution in [0.1, 0.15) is 31.6 Å². The van der Waals surface area contributed by atoms with Crippen LogP contribution in [0.2, 0.25) is 0 Å². The molecule has 0 amide bonds. The fourth-order valence-electron chi connectivity index (χ4n) is 3.83. The predicted octanol–water partition coefficient (Wildman–Crippen LogP) is 3.76. The molecule has 3 aromatic rings. The molecule has 1 unspecified atom stereocenters. The maximum atomic E-state index is 13.4. The average molecular weight is 448 g/mol. The van der Waals surface area contributed by atoms with Gasteiger partial charge < -0.3 is 9.47 Å². The highest BCUT2D eigenvalue weighted by atomic mass is 32.2. The fraction of sp³-hybridized carbons (Fsp3) is 0.333. The van der Waals surface area contributed by atoms with Gasteiger partial charge in [0.1, 0.15) is 16.5 Å². The SMILES string of the molecule is CCc1nccn1C1CCCN(c2ccc(S(=O)(=O)Nc3ccc(F)c(F)c3)cn2)C1. The van der Waals surface area contributed by atoms with Gasteiger partial charge in [0.25, 0.3) is 10.0 Å². The summed E-state index contributed by atoms with van der Waals surface area (Å²) in [5.74, 6) is -0.438. The number of aromatic nitrogens is 3. The Morgan fingerprint density at radius 2 is 2.00 bits per heavy atom. The number of piperidine rings is 1. The lowest BCUT2D eigenvalue weighted by atomic mass is 10.1. The van der Waals surface area contributed by atoms with Crippen LogP contribution in [0.15, 0.2) is 53.8 Å². The minimum Gasteiger partial charge on any atom is -0.355 e. The van der Waals surface area contributed by atoms with E-state index < -0.39 is 21.7 Å². The van der Waals surface area contributed by atoms with Gasteiger partial charge in [0, 0.05) is 44.2 Å². The molecule has 4 rings (SSSR count). The van der Waals surface area contributed by atoms with E-state index >= 15 is 0 Å². The lowest BCUT2D eigenvalue weighted by molar-refractivity contribution is 0.394. The Bertz CT molecular complexity index is 1160. The van der Waals surface area contributed by atoms with Crippen molar-refractivity contribution < 1.29 is 17.2 Å². The third-order valence-corrected chi connectivity index (χ3v) is 6.75. The number of nitrogens with one attached hydrogen (secondary N) is 1. The van der Waals surface area contributed by atoms with Crippen LogP contribution in [0, 0.1) is 11.6 Å². The summed E-state index contributed by atoms with van der Waals surface area (Å²) in [6.07, 6.45) is 7.99. The number of aryl methyl sites for hydroxylation is 1. The minimum atomic E-state index is -3.98. The summed E-state index contributed by atoms with van der Waals surface area (Å²) in [5, 5.41) is 0. The fourth-order valence-corrected chi connectivity index (χ4v) is 4.83. The van der Waals surface area contributed by atoms with Crippen LogP contribution in [0.5, 0.6) is 0 Å². The van der Waals surface area contributed by atoms with E-state index in [1.165, 1.54) is 12.3 Å². The largest absolute Gasteiger partial charge is 0.355 e. The van der Waals surface area contributed by atoms with E-state index in [0.29, 0.717) is 5.82 Å². The molecule has 0 spiro atoms. The highest BCUT2D eigenvalue weighted by Gasteiger charge is 2.24. The smallest absolute Gasteiger partial charge is 0.263 e. The van der Waals surface area contributed by atoms with E-state index in [0.717, 1.165) is 56.4 Å². The minimum absolute atomic E-state index is 0.0579. The van der Waals surface area contributed by atoms with Crippen molar-refractivity contribution in [2.75, 3.05) is 22.7 Å². The molecule has 3 heterocycles. The molecule has 164 valence electrons. The average Bonchev–Trinajstić information content (AvgIpc) is 3.25. The molecule has 0 radical (unpaired) electrons. The van der Waals surface area contributed by atoms with Gasteiger partial charge in [-0.05, 0) is 37.1 Å². The third-order valence-electron chi connectivity index (χ3n) is 5.38. The summed E-state index contributed by atoms with van der Waals surface area (Å²) < 4.78 is 56.0. The summed E-state index contributed by atoms with van der Waals surface area (Å²) in [6, 6.07) is 6.23. The monoisotopic (exact) mass is 447 g/mol. The van der Waals surface area contributed by atoms with Crippen molar-refractivity contribution in [3.8, 4) is 0 Å². The van der Waals surface area contributed by atoms with Crippen LogP contribution in [0.4, 0.5) is 20.3 Å². The number of halogens is 2. The number of hydrogen-bond acceptors (Lipinski definition) is 5. The van der Waals surface area contributed by atoms with Crippen LogP contribution in [-0.2, 0) is 16.4 Å². The molecule has 1 aliphatic rings. The maximum Gasteiger partial charge on any atom is 0.263 e. The van der Waals surface area contributed by atoms with Gasteiger partial charge in [0.2, 0.25) is 0 Å². The van der Waals surface area contributed by atoms with Crippen LogP contribution in [0.3, 0.4) is 0 Å². The number of rotatable bonds is 6. The van der Waals surface area contributed by atoms with Crippen molar-refractivity contribution in [1.82, 2.24) is 14.5 Å². The van der Waals surface area contributed by atoms with Crippen molar-refractivity contribution >= 4 is 21.5 Å². The second-order valence-corrected chi connectivity index (χ2v) is 9.12. The van der Waals surface area contributed by atoms with Crippen LogP contribution < -0.4 is 9.62 Å². The highest BCUT2D eigenvalue weighted by molar-refractivity contribution is 7.92. The molecule has 1 fully saturated rings. The topological polar surface area (TPSA) is 80.1 Å². The number of imidazole rings is 1. The summed E-state index contributed by atoms with van der Waals surface area (Å²) >= 11 is 0. The van der Waals surface area contributed by atoms with Gasteiger partial charge in [-0.3, -0.25) is 4.72 Å². The van der Waals surface area contributed by atoms with Crippen molar-refractivity contribution in [1.29, 1.82) is 0 Å². The van der Waals surface area contributed by atoms with Crippen molar-refractivity contribution in [3.05, 3.63) is 66.4 Å². The summed E-state index contributed by atoms with van der Waals surface area (Å²) in [4.78, 5) is 10.8. The van der Waals surface area contributed by atoms with Gasteiger partial charge in [0.05, 0.1) is 11.7 Å². The van der Waals surface area contributed by atoms with E-state index in [9.17, 15) is 17.2 Å². The predicted molar refractivity (Wildman–Crippen MR) is 113 cm³/mol. The summed E-state index contributed by atoms with van der Waals surface area (Å²) in [5.41, 5.74) is -0.0612. The number of anilines is 2. The normalized spacial score (nSPS) is 17.0. The van der Waals surface area contributed by atoms with Crippen LogP contribution in [-0.4, -0.2) is 36.0 Å². The Hall–Kier alpha value is -3.01. The Balaban J connectivity index is 1.48. The number of sulfonamides is 1. The van der Waals surface area contributed by atoms with E-state index in [1.54, 1.807) is 6.07 Å². The molecule has 2 aromatic heterocycles. The Kier molecular flexibility index (Phi) is 5.90. The van der Waals surface area contributed by atoms with Crippen molar-refractivity contribution in [2.24, 2.45) is 0 Å². The van der Waals surface area contributed by atoms with Gasteiger partial charge >= 0.3 is 0 Å². The Labute approximate surface area is 179 Å². The van der Waals surface area contributed by atoms with Crippen LogP contribution >= 0.6 is 0 Å². The van der Waals surface area contributed by atoms with E-state index in [1.807, 2.05) is 12.4 Å². The molecule has 1 aliphatic heterocycles. The molecular weight excluding hydrogens is 424 g/mol. The summed E-state index contributed by atoms with van der Waals surface area (Å²) in [6.45, 7) is 3.67. The first-order valence-corrected chi connectivity index (χ1v) is 11.6. The lowest BCUT2D eigenvalue weighted by Crippen LogP contribution is -2.37. The molecule has 1 N–H and O–H groups in total. The van der Waals surface area contributed by atoms with Gasteiger partial charge in [-0.2, -0.15) is 0 Å². The Morgan fingerprint density at radius 1 is 1.16 bits per heavy atom. The maximum absolute atomic E-state index is 13.4. The molecule has 0 saturated carbocycles. The van der Waals surface area contributed by atoms with Crippen molar-refractivity contribution in [3.63, 3.8) is 0 Å². The van der Waals surface area contributed by atoms with E-state index in [4.69, 9.17) is 0 Å². The van der Waals surface area contributed by atoms with E-state index in [2.05, 4.69) is 31.1 Å². The molecule has 0 aliphatic carbocycles. The highest BCUT2D eigenvalue weighted by Crippen LogP contribution is 2.27. The zero-order valence-corrected chi connectivity index (χ0v) is 17.8. The quantitative estimate of drug-likeness (QED) is 0.622. The molecule has 31 heavy (non-hydrogen) atoms. The molecule has 1 aromatic carbocycles. The zero-order chi connectivity index (χ0) is 22.0. The number of nitrogens with zero attached hydrogens (tertiary/aromatic N) is 4. The Morgan fingerprint density at radius 3 is 2.71 bits per heavy atom. The second-order valence-electron chi connectivity index (χ2n) is 7.43. The molecule has 1 saturated heterocycles. The number of hydrogen-bond donors (Lipinski definition) is 1. The first-order chi connectivity index (χ1) is 14.9.